The normalized spacial score (nSPS) is 10.3. The third kappa shape index (κ3) is 2.97. The maximum atomic E-state index is 12.0. The summed E-state index contributed by atoms with van der Waals surface area (Å²) in [4.78, 5) is 23.2. The highest BCUT2D eigenvalue weighted by Gasteiger charge is 2.08. The fourth-order valence-corrected chi connectivity index (χ4v) is 1.99. The highest BCUT2D eigenvalue weighted by Crippen LogP contribution is 2.19. The van der Waals surface area contributed by atoms with Crippen LogP contribution in [0.5, 0.6) is 0 Å². The number of nitrogens with zero attached hydrogens (tertiary/aromatic N) is 2. The molecule has 0 saturated carbocycles. The summed E-state index contributed by atoms with van der Waals surface area (Å²) in [5.41, 5.74) is 3.08. The number of benzene rings is 1. The molecule has 5 nitrogen and oxygen atoms in total. The van der Waals surface area contributed by atoms with Crippen LogP contribution in [0, 0.1) is 6.92 Å². The van der Waals surface area contributed by atoms with Gasteiger partial charge in [0.15, 0.2) is 0 Å². The van der Waals surface area contributed by atoms with Crippen LogP contribution in [0.4, 0.5) is 5.69 Å². The highest BCUT2D eigenvalue weighted by molar-refractivity contribution is 6.02. The van der Waals surface area contributed by atoms with Crippen LogP contribution in [-0.4, -0.2) is 20.9 Å². The molecule has 2 N–H and O–H groups in total. The first kappa shape index (κ1) is 13.1. The first-order valence-electron chi connectivity index (χ1n) is 6.57. The van der Waals surface area contributed by atoms with Crippen molar-refractivity contribution < 1.29 is 4.79 Å². The number of H-pyrrole nitrogens is 1. The molecule has 104 valence electrons. The Kier molecular flexibility index (Phi) is 3.47. The van der Waals surface area contributed by atoms with Crippen LogP contribution in [0.3, 0.4) is 0 Å². The van der Waals surface area contributed by atoms with Crippen LogP contribution >= 0.6 is 0 Å². The first-order chi connectivity index (χ1) is 10.2. The summed E-state index contributed by atoms with van der Waals surface area (Å²) in [6.07, 6.45) is 3.28. The molecule has 3 aromatic rings. The average Bonchev–Trinajstić information content (AvgIpc) is 2.96. The van der Waals surface area contributed by atoms with E-state index < -0.39 is 0 Å². The van der Waals surface area contributed by atoms with Crippen LogP contribution in [0.1, 0.15) is 16.3 Å². The lowest BCUT2D eigenvalue weighted by atomic mass is 10.1. The molecular formula is C16H14N4O. The van der Waals surface area contributed by atoms with E-state index in [1.807, 2.05) is 42.5 Å². The Morgan fingerprint density at radius 1 is 1.10 bits per heavy atom. The van der Waals surface area contributed by atoms with Gasteiger partial charge in [0.1, 0.15) is 11.5 Å². The number of carbonyl (C=O) groups is 1. The van der Waals surface area contributed by atoms with E-state index >= 15 is 0 Å². The van der Waals surface area contributed by atoms with Crippen molar-refractivity contribution in [2.75, 3.05) is 5.32 Å². The van der Waals surface area contributed by atoms with E-state index in [0.717, 1.165) is 16.9 Å². The van der Waals surface area contributed by atoms with Gasteiger partial charge in [0.2, 0.25) is 0 Å². The molecule has 0 aliphatic carbocycles. The number of anilines is 1. The zero-order chi connectivity index (χ0) is 14.7. The van der Waals surface area contributed by atoms with Gasteiger partial charge in [-0.25, -0.2) is 4.98 Å². The van der Waals surface area contributed by atoms with Gasteiger partial charge in [-0.1, -0.05) is 18.2 Å². The summed E-state index contributed by atoms with van der Waals surface area (Å²) < 4.78 is 0. The Morgan fingerprint density at radius 2 is 1.90 bits per heavy atom. The van der Waals surface area contributed by atoms with Crippen LogP contribution < -0.4 is 5.32 Å². The van der Waals surface area contributed by atoms with E-state index in [1.54, 1.807) is 13.1 Å². The summed E-state index contributed by atoms with van der Waals surface area (Å²) in [7, 11) is 0. The van der Waals surface area contributed by atoms with Gasteiger partial charge in [0, 0.05) is 17.4 Å². The van der Waals surface area contributed by atoms with Gasteiger partial charge in [-0.05, 0) is 31.2 Å². The van der Waals surface area contributed by atoms with Gasteiger partial charge in [-0.3, -0.25) is 9.78 Å². The van der Waals surface area contributed by atoms with Crippen molar-refractivity contribution in [2.45, 2.75) is 6.92 Å². The number of aryl methyl sites for hydroxylation is 1. The predicted octanol–water partition coefficient (Wildman–Crippen LogP) is 3.03. The second-order valence-corrected chi connectivity index (χ2v) is 4.63. The summed E-state index contributed by atoms with van der Waals surface area (Å²) in [6.45, 7) is 1.80. The number of aromatic nitrogens is 3. The minimum absolute atomic E-state index is 0.207. The molecule has 2 aromatic heterocycles. The van der Waals surface area contributed by atoms with Gasteiger partial charge in [-0.15, -0.1) is 0 Å². The van der Waals surface area contributed by atoms with Crippen LogP contribution in [0.25, 0.3) is 11.3 Å². The number of nitrogens with one attached hydrogen (secondary N) is 2. The SMILES string of the molecule is Cc1ncc(C(=O)Nc2ccc(-c3ccccn3)cc2)[nH]1. The average molecular weight is 278 g/mol. The van der Waals surface area contributed by atoms with Crippen LogP contribution in [-0.2, 0) is 0 Å². The van der Waals surface area contributed by atoms with Gasteiger partial charge in [0.25, 0.3) is 5.91 Å². The molecule has 2 heterocycles. The molecule has 0 saturated heterocycles. The molecule has 0 bridgehead atoms. The van der Waals surface area contributed by atoms with Gasteiger partial charge in [-0.2, -0.15) is 0 Å². The van der Waals surface area contributed by atoms with E-state index in [1.165, 1.54) is 6.20 Å². The fraction of sp³-hybridized carbons (Fsp3) is 0.0625. The molecule has 0 aliphatic heterocycles. The molecule has 0 spiro atoms. The predicted molar refractivity (Wildman–Crippen MR) is 81.0 cm³/mol. The van der Waals surface area contributed by atoms with Gasteiger partial charge < -0.3 is 10.3 Å². The number of imidazole rings is 1. The summed E-state index contributed by atoms with van der Waals surface area (Å²) >= 11 is 0. The minimum Gasteiger partial charge on any atom is -0.338 e. The minimum atomic E-state index is -0.207. The number of hydrogen-bond acceptors (Lipinski definition) is 3. The Morgan fingerprint density at radius 3 is 2.52 bits per heavy atom. The van der Waals surface area contributed by atoms with Crippen molar-refractivity contribution in [1.82, 2.24) is 15.0 Å². The van der Waals surface area contributed by atoms with Crippen molar-refractivity contribution >= 4 is 11.6 Å². The van der Waals surface area contributed by atoms with Gasteiger partial charge >= 0.3 is 0 Å². The van der Waals surface area contributed by atoms with E-state index in [9.17, 15) is 4.79 Å². The van der Waals surface area contributed by atoms with Crippen molar-refractivity contribution in [3.05, 3.63) is 66.4 Å². The number of carbonyl (C=O) groups excluding carboxylic acids is 1. The number of amides is 1. The summed E-state index contributed by atoms with van der Waals surface area (Å²) in [6, 6.07) is 13.3. The van der Waals surface area contributed by atoms with Crippen molar-refractivity contribution in [1.29, 1.82) is 0 Å². The molecular weight excluding hydrogens is 264 g/mol. The van der Waals surface area contributed by atoms with Crippen molar-refractivity contribution in [3.8, 4) is 11.3 Å². The molecule has 0 aliphatic rings. The Hall–Kier alpha value is -2.95. The number of aromatic amines is 1. The molecule has 3 rings (SSSR count). The molecule has 5 heteroatoms. The Labute approximate surface area is 122 Å². The lowest BCUT2D eigenvalue weighted by molar-refractivity contribution is 0.102. The Bertz CT molecular complexity index is 747. The van der Waals surface area contributed by atoms with E-state index in [0.29, 0.717) is 11.5 Å². The summed E-state index contributed by atoms with van der Waals surface area (Å²) in [5, 5.41) is 2.82. The largest absolute Gasteiger partial charge is 0.338 e. The first-order valence-corrected chi connectivity index (χ1v) is 6.57. The lowest BCUT2D eigenvalue weighted by Crippen LogP contribution is -2.12. The van der Waals surface area contributed by atoms with E-state index in [4.69, 9.17) is 0 Å². The van der Waals surface area contributed by atoms with Crippen LogP contribution in [0.2, 0.25) is 0 Å². The number of hydrogen-bond donors (Lipinski definition) is 2. The standard InChI is InChI=1S/C16H14N4O/c1-11-18-10-15(19-11)16(21)20-13-7-5-12(6-8-13)14-4-2-3-9-17-14/h2-10H,1H3,(H,18,19)(H,20,21). The van der Waals surface area contributed by atoms with Crippen LogP contribution in [0.15, 0.2) is 54.9 Å². The smallest absolute Gasteiger partial charge is 0.273 e. The number of pyridine rings is 1. The second-order valence-electron chi connectivity index (χ2n) is 4.63. The maximum Gasteiger partial charge on any atom is 0.273 e. The number of rotatable bonds is 3. The zero-order valence-corrected chi connectivity index (χ0v) is 11.5. The maximum absolute atomic E-state index is 12.0. The van der Waals surface area contributed by atoms with Crippen molar-refractivity contribution in [2.24, 2.45) is 0 Å². The lowest BCUT2D eigenvalue weighted by Gasteiger charge is -2.05. The molecule has 21 heavy (non-hydrogen) atoms. The second kappa shape index (κ2) is 5.58. The highest BCUT2D eigenvalue weighted by atomic mass is 16.1. The Balaban J connectivity index is 1.74. The summed E-state index contributed by atoms with van der Waals surface area (Å²) in [5.74, 6) is 0.506. The molecule has 0 fully saturated rings. The molecule has 0 atom stereocenters. The van der Waals surface area contributed by atoms with E-state index in [2.05, 4.69) is 20.3 Å². The van der Waals surface area contributed by atoms with E-state index in [-0.39, 0.29) is 5.91 Å². The van der Waals surface area contributed by atoms with Gasteiger partial charge in [0.05, 0.1) is 11.9 Å². The fourth-order valence-electron chi connectivity index (χ4n) is 1.99. The molecule has 1 amide bonds. The molecule has 1 aromatic carbocycles. The quantitative estimate of drug-likeness (QED) is 0.773. The molecule has 0 unspecified atom stereocenters. The monoisotopic (exact) mass is 278 g/mol. The third-order valence-corrected chi connectivity index (χ3v) is 3.05. The van der Waals surface area contributed by atoms with Crippen molar-refractivity contribution in [3.63, 3.8) is 0 Å². The zero-order valence-electron chi connectivity index (χ0n) is 11.5. The third-order valence-electron chi connectivity index (χ3n) is 3.05. The molecule has 0 radical (unpaired) electrons. The topological polar surface area (TPSA) is 70.7 Å².